The first-order valence-electron chi connectivity index (χ1n) is 7.58. The maximum atomic E-state index is 12.4. The number of amides is 1. The molecule has 0 bridgehead atoms. The molecule has 0 spiro atoms. The summed E-state index contributed by atoms with van der Waals surface area (Å²) in [5, 5.41) is 9.94. The van der Waals surface area contributed by atoms with Crippen molar-refractivity contribution in [2.45, 2.75) is 6.04 Å². The second kappa shape index (κ2) is 7.38. The Morgan fingerprint density at radius 1 is 1.32 bits per heavy atom. The van der Waals surface area contributed by atoms with E-state index in [1.165, 1.54) is 0 Å². The van der Waals surface area contributed by atoms with Gasteiger partial charge in [-0.2, -0.15) is 5.10 Å². The lowest BCUT2D eigenvalue weighted by atomic mass is 10.1. The molecule has 25 heavy (non-hydrogen) atoms. The third-order valence-electron chi connectivity index (χ3n) is 3.80. The summed E-state index contributed by atoms with van der Waals surface area (Å²) >= 11 is 6.10. The summed E-state index contributed by atoms with van der Waals surface area (Å²) in [6.45, 7) is 0. The molecule has 3 rings (SSSR count). The van der Waals surface area contributed by atoms with Crippen LogP contribution in [0.4, 0.5) is 5.69 Å². The number of H-pyrrole nitrogens is 1. The van der Waals surface area contributed by atoms with Gasteiger partial charge in [0.15, 0.2) is 0 Å². The molecule has 0 saturated heterocycles. The van der Waals surface area contributed by atoms with Gasteiger partial charge < -0.3 is 15.8 Å². The van der Waals surface area contributed by atoms with E-state index in [2.05, 4.69) is 15.5 Å². The lowest BCUT2D eigenvalue weighted by molar-refractivity contribution is -0.117. The highest BCUT2D eigenvalue weighted by Gasteiger charge is 2.19. The lowest BCUT2D eigenvalue weighted by Crippen LogP contribution is -2.28. The molecule has 1 aromatic heterocycles. The molecule has 0 saturated carbocycles. The number of carbonyl (C=O) groups is 1. The molecule has 2 aromatic carbocycles. The van der Waals surface area contributed by atoms with Crippen molar-refractivity contribution < 1.29 is 9.53 Å². The Balaban J connectivity index is 1.81. The molecule has 0 fully saturated rings. The Hall–Kier alpha value is -2.83. The minimum atomic E-state index is -0.867. The van der Waals surface area contributed by atoms with Gasteiger partial charge >= 0.3 is 0 Å². The van der Waals surface area contributed by atoms with Crippen molar-refractivity contribution in [3.8, 4) is 16.9 Å². The molecule has 6 nitrogen and oxygen atoms in total. The predicted molar refractivity (Wildman–Crippen MR) is 97.6 cm³/mol. The summed E-state index contributed by atoms with van der Waals surface area (Å²) in [6.07, 6.45) is 3.47. The molecule has 1 unspecified atom stereocenters. The summed E-state index contributed by atoms with van der Waals surface area (Å²) in [7, 11) is 1.57. The van der Waals surface area contributed by atoms with Gasteiger partial charge in [-0.05, 0) is 23.8 Å². The van der Waals surface area contributed by atoms with Crippen molar-refractivity contribution in [1.29, 1.82) is 0 Å². The van der Waals surface area contributed by atoms with E-state index in [0.717, 1.165) is 11.1 Å². The van der Waals surface area contributed by atoms with Gasteiger partial charge in [0.25, 0.3) is 0 Å². The van der Waals surface area contributed by atoms with Crippen molar-refractivity contribution in [3.63, 3.8) is 0 Å². The van der Waals surface area contributed by atoms with Crippen LogP contribution in [0.15, 0.2) is 54.9 Å². The van der Waals surface area contributed by atoms with Crippen LogP contribution >= 0.6 is 11.6 Å². The number of carbonyl (C=O) groups excluding carboxylic acids is 1. The molecule has 0 aliphatic rings. The van der Waals surface area contributed by atoms with Gasteiger partial charge in [0, 0.05) is 34.1 Å². The van der Waals surface area contributed by atoms with Crippen molar-refractivity contribution in [2.24, 2.45) is 5.73 Å². The number of aromatic nitrogens is 2. The maximum Gasteiger partial charge on any atom is 0.245 e. The van der Waals surface area contributed by atoms with E-state index in [9.17, 15) is 4.79 Å². The van der Waals surface area contributed by atoms with Crippen molar-refractivity contribution in [2.75, 3.05) is 12.4 Å². The van der Waals surface area contributed by atoms with Crippen LogP contribution < -0.4 is 15.8 Å². The molecular formula is C18H17ClN4O2. The average molecular weight is 357 g/mol. The van der Waals surface area contributed by atoms with Crippen LogP contribution in [0.25, 0.3) is 11.1 Å². The molecule has 4 N–H and O–H groups in total. The maximum absolute atomic E-state index is 12.4. The number of methoxy groups -OCH3 is 1. The minimum absolute atomic E-state index is 0.355. The summed E-state index contributed by atoms with van der Waals surface area (Å²) in [6, 6.07) is 11.5. The van der Waals surface area contributed by atoms with E-state index in [1.54, 1.807) is 55.9 Å². The van der Waals surface area contributed by atoms with E-state index in [1.807, 2.05) is 6.07 Å². The first-order chi connectivity index (χ1) is 12.1. The van der Waals surface area contributed by atoms with Crippen molar-refractivity contribution in [3.05, 3.63) is 65.4 Å². The quantitative estimate of drug-likeness (QED) is 0.653. The van der Waals surface area contributed by atoms with Crippen LogP contribution in [-0.4, -0.2) is 23.2 Å². The average Bonchev–Trinajstić information content (AvgIpc) is 3.15. The minimum Gasteiger partial charge on any atom is -0.496 e. The zero-order valence-electron chi connectivity index (χ0n) is 13.5. The van der Waals surface area contributed by atoms with Crippen LogP contribution in [-0.2, 0) is 4.79 Å². The second-order valence-electron chi connectivity index (χ2n) is 5.39. The third-order valence-corrected chi connectivity index (χ3v) is 4.15. The Labute approximate surface area is 150 Å². The molecular weight excluding hydrogens is 340 g/mol. The molecule has 3 aromatic rings. The molecule has 0 aliphatic carbocycles. The Morgan fingerprint density at radius 2 is 2.12 bits per heavy atom. The predicted octanol–water partition coefficient (Wildman–Crippen LogP) is 3.38. The van der Waals surface area contributed by atoms with Gasteiger partial charge in [-0.1, -0.05) is 29.8 Å². The van der Waals surface area contributed by atoms with Gasteiger partial charge in [0.05, 0.1) is 13.3 Å². The van der Waals surface area contributed by atoms with Gasteiger partial charge in [-0.15, -0.1) is 0 Å². The smallest absolute Gasteiger partial charge is 0.245 e. The largest absolute Gasteiger partial charge is 0.496 e. The molecule has 128 valence electrons. The molecule has 1 atom stereocenters. The van der Waals surface area contributed by atoms with Gasteiger partial charge in [-0.25, -0.2) is 0 Å². The van der Waals surface area contributed by atoms with Gasteiger partial charge in [0.1, 0.15) is 11.8 Å². The molecule has 1 heterocycles. The van der Waals surface area contributed by atoms with E-state index in [0.29, 0.717) is 22.0 Å². The Kier molecular flexibility index (Phi) is 5.02. The summed E-state index contributed by atoms with van der Waals surface area (Å²) < 4.78 is 5.41. The van der Waals surface area contributed by atoms with E-state index < -0.39 is 6.04 Å². The standard InChI is InChI=1S/C18H17ClN4O2/c1-25-16-8-12(6-7-13(16)11-9-21-22-10-11)23-18(24)17(20)14-4-2-3-5-15(14)19/h2-10,17H,20H2,1H3,(H,21,22)(H,23,24). The number of aromatic amines is 1. The van der Waals surface area contributed by atoms with E-state index in [4.69, 9.17) is 22.1 Å². The van der Waals surface area contributed by atoms with E-state index in [-0.39, 0.29) is 5.91 Å². The third kappa shape index (κ3) is 3.65. The topological polar surface area (TPSA) is 93.0 Å². The highest BCUT2D eigenvalue weighted by Crippen LogP contribution is 2.32. The molecule has 7 heteroatoms. The zero-order chi connectivity index (χ0) is 17.8. The molecule has 0 aliphatic heterocycles. The number of hydrogen-bond donors (Lipinski definition) is 3. The second-order valence-corrected chi connectivity index (χ2v) is 5.80. The van der Waals surface area contributed by atoms with E-state index >= 15 is 0 Å². The zero-order valence-corrected chi connectivity index (χ0v) is 14.2. The fourth-order valence-corrected chi connectivity index (χ4v) is 2.75. The molecule has 0 radical (unpaired) electrons. The first kappa shape index (κ1) is 17.0. The fraction of sp³-hybridized carbons (Fsp3) is 0.111. The number of rotatable bonds is 5. The highest BCUT2D eigenvalue weighted by molar-refractivity contribution is 6.31. The van der Waals surface area contributed by atoms with Crippen LogP contribution in [0.1, 0.15) is 11.6 Å². The van der Waals surface area contributed by atoms with Crippen molar-refractivity contribution in [1.82, 2.24) is 10.2 Å². The summed E-state index contributed by atoms with van der Waals surface area (Å²) in [4.78, 5) is 12.4. The number of anilines is 1. The lowest BCUT2D eigenvalue weighted by Gasteiger charge is -2.15. The van der Waals surface area contributed by atoms with Crippen molar-refractivity contribution >= 4 is 23.2 Å². The monoisotopic (exact) mass is 356 g/mol. The van der Waals surface area contributed by atoms with Gasteiger partial charge in [-0.3, -0.25) is 9.89 Å². The SMILES string of the molecule is COc1cc(NC(=O)C(N)c2ccccc2Cl)ccc1-c1cn[nH]c1. The molecule has 1 amide bonds. The normalized spacial score (nSPS) is 11.8. The number of nitrogens with zero attached hydrogens (tertiary/aromatic N) is 1. The number of hydrogen-bond acceptors (Lipinski definition) is 4. The summed E-state index contributed by atoms with van der Waals surface area (Å²) in [5.74, 6) is 0.261. The number of ether oxygens (including phenoxy) is 1. The number of nitrogens with one attached hydrogen (secondary N) is 2. The Morgan fingerprint density at radius 3 is 2.80 bits per heavy atom. The van der Waals surface area contributed by atoms with Gasteiger partial charge in [0.2, 0.25) is 5.91 Å². The number of nitrogens with two attached hydrogens (primary N) is 1. The number of halogens is 1. The van der Waals surface area contributed by atoms with Crippen LogP contribution in [0, 0.1) is 0 Å². The van der Waals surface area contributed by atoms with Crippen LogP contribution in [0.5, 0.6) is 5.75 Å². The van der Waals surface area contributed by atoms with Crippen LogP contribution in [0.2, 0.25) is 5.02 Å². The fourth-order valence-electron chi connectivity index (χ4n) is 2.49. The first-order valence-corrected chi connectivity index (χ1v) is 7.96. The summed E-state index contributed by atoms with van der Waals surface area (Å²) in [5.41, 5.74) is 8.93. The Bertz CT molecular complexity index is 881. The highest BCUT2D eigenvalue weighted by atomic mass is 35.5. The number of benzene rings is 2. The van der Waals surface area contributed by atoms with Crippen LogP contribution in [0.3, 0.4) is 0 Å².